The van der Waals surface area contributed by atoms with Crippen LogP contribution in [0.3, 0.4) is 0 Å². The Morgan fingerprint density at radius 1 is 0.917 bits per heavy atom. The van der Waals surface area contributed by atoms with E-state index in [4.69, 9.17) is 0 Å². The van der Waals surface area contributed by atoms with Crippen LogP contribution in [-0.2, 0) is 0 Å². The van der Waals surface area contributed by atoms with Gasteiger partial charge < -0.3 is 4.90 Å². The van der Waals surface area contributed by atoms with Gasteiger partial charge in [0.1, 0.15) is 6.29 Å². The van der Waals surface area contributed by atoms with Crippen LogP contribution >= 0.6 is 11.8 Å². The summed E-state index contributed by atoms with van der Waals surface area (Å²) in [6, 6.07) is 14.6. The number of aldehydes is 1. The van der Waals surface area contributed by atoms with Crippen molar-refractivity contribution in [1.29, 1.82) is 0 Å². The van der Waals surface area contributed by atoms with Crippen molar-refractivity contribution in [2.24, 2.45) is 0 Å². The van der Waals surface area contributed by atoms with E-state index in [2.05, 4.69) is 42.2 Å². The van der Waals surface area contributed by atoms with Crippen LogP contribution in [0.4, 0.5) is 11.4 Å². The van der Waals surface area contributed by atoms with E-state index in [0.29, 0.717) is 0 Å². The normalized spacial score (nSPS) is 12.6. The van der Waals surface area contributed by atoms with Crippen LogP contribution in [0, 0.1) is 0 Å². The van der Waals surface area contributed by atoms with E-state index in [1.54, 1.807) is 11.8 Å². The van der Waals surface area contributed by atoms with Crippen LogP contribution in [-0.4, -0.2) is 12.8 Å². The molecule has 0 unspecified atom stereocenters. The maximum atomic E-state index is 11.1. The minimum atomic E-state index is 0.750. The van der Waals surface area contributed by atoms with Gasteiger partial charge in [0, 0.05) is 21.9 Å². The van der Waals surface area contributed by atoms with Crippen LogP contribution in [0.2, 0.25) is 0 Å². The largest absolute Gasteiger partial charge is 0.340 e. The molecule has 2 aromatic carbocycles. The Bertz CT molecular complexity index is 698. The van der Waals surface area contributed by atoms with Crippen LogP contribution in [0.25, 0.3) is 0 Å². The van der Waals surface area contributed by atoms with Crippen molar-refractivity contribution in [3.63, 3.8) is 0 Å². The molecule has 2 aromatic rings. The average molecular weight is 340 g/mol. The summed E-state index contributed by atoms with van der Waals surface area (Å²) in [6.45, 7) is 3.30. The fraction of sp³-hybridized carbons (Fsp3) is 0.381. The maximum Gasteiger partial charge on any atom is 0.150 e. The molecule has 0 saturated heterocycles. The third-order valence-corrected chi connectivity index (χ3v) is 5.63. The highest BCUT2D eigenvalue weighted by molar-refractivity contribution is 7.99. The summed E-state index contributed by atoms with van der Waals surface area (Å²) in [6.07, 6.45) is 8.74. The predicted octanol–water partition coefficient (Wildman–Crippen LogP) is 6.46. The van der Waals surface area contributed by atoms with E-state index in [1.165, 1.54) is 59.7 Å². The SMILES string of the molecule is CCCCCCCCN1c2ccccc2Sc2cc(C=O)ccc21. The molecule has 0 atom stereocenters. The molecule has 0 spiro atoms. The lowest BCUT2D eigenvalue weighted by Gasteiger charge is -2.33. The second kappa shape index (κ2) is 8.39. The Balaban J connectivity index is 1.76. The van der Waals surface area contributed by atoms with Gasteiger partial charge in [-0.1, -0.05) is 62.9 Å². The van der Waals surface area contributed by atoms with Crippen molar-refractivity contribution < 1.29 is 4.79 Å². The van der Waals surface area contributed by atoms with Gasteiger partial charge in [0.25, 0.3) is 0 Å². The van der Waals surface area contributed by atoms with E-state index in [-0.39, 0.29) is 0 Å². The van der Waals surface area contributed by atoms with Gasteiger partial charge in [-0.15, -0.1) is 0 Å². The standard InChI is InChI=1S/C21H25NOS/c1-2-3-4-5-6-9-14-22-18-10-7-8-11-20(18)24-21-15-17(16-23)12-13-19(21)22/h7-8,10-13,15-16H,2-6,9,14H2,1H3. The maximum absolute atomic E-state index is 11.1. The molecule has 3 rings (SSSR count). The number of nitrogens with zero attached hydrogens (tertiary/aromatic N) is 1. The van der Waals surface area contributed by atoms with Gasteiger partial charge in [-0.05, 0) is 36.8 Å². The Kier molecular flexibility index (Phi) is 5.97. The number of carbonyl (C=O) groups excluding carboxylic acids is 1. The average Bonchev–Trinajstić information content (AvgIpc) is 2.63. The number of rotatable bonds is 8. The van der Waals surface area contributed by atoms with Gasteiger partial charge in [0.2, 0.25) is 0 Å². The lowest BCUT2D eigenvalue weighted by molar-refractivity contribution is 0.112. The van der Waals surface area contributed by atoms with Gasteiger partial charge in [0.15, 0.2) is 0 Å². The van der Waals surface area contributed by atoms with Crippen molar-refractivity contribution in [2.45, 2.75) is 55.2 Å². The van der Waals surface area contributed by atoms with Gasteiger partial charge in [-0.2, -0.15) is 0 Å². The lowest BCUT2D eigenvalue weighted by Crippen LogP contribution is -2.22. The smallest absolute Gasteiger partial charge is 0.150 e. The fourth-order valence-electron chi connectivity index (χ4n) is 3.21. The molecular weight excluding hydrogens is 314 g/mol. The van der Waals surface area contributed by atoms with E-state index < -0.39 is 0 Å². The number of unbranched alkanes of at least 4 members (excludes halogenated alkanes) is 5. The first kappa shape index (κ1) is 17.1. The topological polar surface area (TPSA) is 20.3 Å². The lowest BCUT2D eigenvalue weighted by atomic mass is 10.1. The van der Waals surface area contributed by atoms with Crippen molar-refractivity contribution in [1.82, 2.24) is 0 Å². The van der Waals surface area contributed by atoms with E-state index in [1.807, 2.05) is 12.1 Å². The number of benzene rings is 2. The molecule has 3 heteroatoms. The van der Waals surface area contributed by atoms with E-state index >= 15 is 0 Å². The third-order valence-electron chi connectivity index (χ3n) is 4.52. The van der Waals surface area contributed by atoms with Crippen molar-refractivity contribution in [2.75, 3.05) is 11.4 Å². The summed E-state index contributed by atoms with van der Waals surface area (Å²) in [5.41, 5.74) is 3.28. The molecule has 1 aliphatic heterocycles. The minimum absolute atomic E-state index is 0.750. The van der Waals surface area contributed by atoms with Gasteiger partial charge >= 0.3 is 0 Å². The van der Waals surface area contributed by atoms with Crippen molar-refractivity contribution >= 4 is 29.4 Å². The van der Waals surface area contributed by atoms with Crippen LogP contribution in [0.5, 0.6) is 0 Å². The van der Waals surface area contributed by atoms with E-state index in [0.717, 1.165) is 18.4 Å². The molecule has 0 bridgehead atoms. The summed E-state index contributed by atoms with van der Waals surface area (Å²) in [4.78, 5) is 16.0. The third kappa shape index (κ3) is 3.84. The zero-order valence-corrected chi connectivity index (χ0v) is 15.1. The van der Waals surface area contributed by atoms with Crippen LogP contribution in [0.1, 0.15) is 55.8 Å². The zero-order chi connectivity index (χ0) is 16.8. The number of hydrogen-bond donors (Lipinski definition) is 0. The molecule has 1 aliphatic rings. The highest BCUT2D eigenvalue weighted by Gasteiger charge is 2.22. The monoisotopic (exact) mass is 339 g/mol. The van der Waals surface area contributed by atoms with Crippen molar-refractivity contribution in [3.8, 4) is 0 Å². The summed E-state index contributed by atoms with van der Waals surface area (Å²) in [5.74, 6) is 0. The van der Waals surface area contributed by atoms with Gasteiger partial charge in [0.05, 0.1) is 11.4 Å². The molecule has 24 heavy (non-hydrogen) atoms. The molecule has 1 heterocycles. The number of anilines is 2. The van der Waals surface area contributed by atoms with Crippen LogP contribution < -0.4 is 4.90 Å². The molecule has 0 amide bonds. The van der Waals surface area contributed by atoms with Crippen LogP contribution in [0.15, 0.2) is 52.3 Å². The first-order valence-electron chi connectivity index (χ1n) is 8.97. The Labute approximate surface area is 149 Å². The number of fused-ring (bicyclic) bond motifs is 2. The highest BCUT2D eigenvalue weighted by Crippen LogP contribution is 2.48. The Morgan fingerprint density at radius 2 is 1.67 bits per heavy atom. The number of carbonyl (C=O) groups is 1. The zero-order valence-electron chi connectivity index (χ0n) is 14.3. The molecule has 2 nitrogen and oxygen atoms in total. The molecule has 0 radical (unpaired) electrons. The first-order valence-corrected chi connectivity index (χ1v) is 9.79. The molecule has 0 N–H and O–H groups in total. The molecule has 0 fully saturated rings. The molecular formula is C21H25NOS. The van der Waals surface area contributed by atoms with Gasteiger partial charge in [-0.25, -0.2) is 0 Å². The van der Waals surface area contributed by atoms with Gasteiger partial charge in [-0.3, -0.25) is 4.79 Å². The van der Waals surface area contributed by atoms with Crippen molar-refractivity contribution in [3.05, 3.63) is 48.0 Å². The predicted molar refractivity (Wildman–Crippen MR) is 103 cm³/mol. The fourth-order valence-corrected chi connectivity index (χ4v) is 4.36. The second-order valence-electron chi connectivity index (χ2n) is 6.33. The summed E-state index contributed by atoms with van der Waals surface area (Å²) >= 11 is 1.77. The summed E-state index contributed by atoms with van der Waals surface area (Å²) < 4.78 is 0. The molecule has 0 saturated carbocycles. The quantitative estimate of drug-likeness (QED) is 0.406. The number of hydrogen-bond acceptors (Lipinski definition) is 3. The number of para-hydroxylation sites is 1. The highest BCUT2D eigenvalue weighted by atomic mass is 32.2. The molecule has 0 aliphatic carbocycles. The summed E-state index contributed by atoms with van der Waals surface area (Å²) in [5, 5.41) is 0. The minimum Gasteiger partial charge on any atom is -0.340 e. The van der Waals surface area contributed by atoms with E-state index in [9.17, 15) is 4.79 Å². The Hall–Kier alpha value is -1.74. The second-order valence-corrected chi connectivity index (χ2v) is 7.42. The molecule has 0 aromatic heterocycles. The summed E-state index contributed by atoms with van der Waals surface area (Å²) in [7, 11) is 0. The first-order chi connectivity index (χ1) is 11.8. The Morgan fingerprint density at radius 3 is 2.50 bits per heavy atom. The molecule has 126 valence electrons.